The van der Waals surface area contributed by atoms with Gasteiger partial charge in [0, 0.05) is 11.9 Å². The lowest BCUT2D eigenvalue weighted by Gasteiger charge is -2.21. The Balaban J connectivity index is 1.58. The molecule has 4 amide bonds. The van der Waals surface area contributed by atoms with Gasteiger partial charge in [0.25, 0.3) is 5.91 Å². The number of amides is 4. The Bertz CT molecular complexity index is 1370. The molecule has 1 unspecified atom stereocenters. The van der Waals surface area contributed by atoms with E-state index in [1.165, 1.54) is 24.1 Å². The fraction of sp³-hybridized carbons (Fsp3) is 0.222. The maximum Gasteiger partial charge on any atom is 0.338 e. The van der Waals surface area contributed by atoms with E-state index in [1.54, 1.807) is 61.7 Å². The summed E-state index contributed by atoms with van der Waals surface area (Å²) in [7, 11) is 1.46. The minimum Gasteiger partial charge on any atom is -0.495 e. The van der Waals surface area contributed by atoms with Crippen LogP contribution in [0.5, 0.6) is 5.75 Å². The van der Waals surface area contributed by atoms with Crippen LogP contribution in [0.25, 0.3) is 0 Å². The average molecular weight is 537 g/mol. The lowest BCUT2D eigenvalue weighted by Crippen LogP contribution is -2.37. The van der Waals surface area contributed by atoms with Gasteiger partial charge in [0.05, 0.1) is 48.6 Å². The summed E-state index contributed by atoms with van der Waals surface area (Å²) >= 11 is 6.24. The van der Waals surface area contributed by atoms with E-state index in [-0.39, 0.29) is 35.8 Å². The molecule has 0 spiro atoms. The molecule has 1 saturated heterocycles. The summed E-state index contributed by atoms with van der Waals surface area (Å²) in [5.41, 5.74) is 1.43. The van der Waals surface area contributed by atoms with Crippen LogP contribution in [0.1, 0.15) is 29.4 Å². The number of carbonyl (C=O) groups is 4. The number of esters is 1. The molecule has 0 radical (unpaired) electrons. The first-order valence-electron chi connectivity index (χ1n) is 11.8. The molecule has 4 rings (SSSR count). The zero-order valence-electron chi connectivity index (χ0n) is 20.7. The third-order valence-electron chi connectivity index (χ3n) is 5.81. The number of halogens is 1. The Morgan fingerprint density at radius 3 is 2.58 bits per heavy atom. The van der Waals surface area contributed by atoms with E-state index >= 15 is 0 Å². The van der Waals surface area contributed by atoms with Gasteiger partial charge >= 0.3 is 12.0 Å². The van der Waals surface area contributed by atoms with Gasteiger partial charge in [-0.1, -0.05) is 23.7 Å². The number of urea groups is 1. The Morgan fingerprint density at radius 1 is 1.08 bits per heavy atom. The fourth-order valence-electron chi connectivity index (χ4n) is 4.04. The topological polar surface area (TPSA) is 118 Å². The highest BCUT2D eigenvalue weighted by atomic mass is 35.5. The fourth-order valence-corrected chi connectivity index (χ4v) is 4.29. The lowest BCUT2D eigenvalue weighted by atomic mass is 10.1. The highest BCUT2D eigenvalue weighted by molar-refractivity contribution is 6.33. The Morgan fingerprint density at radius 2 is 1.89 bits per heavy atom. The van der Waals surface area contributed by atoms with Gasteiger partial charge in [-0.2, -0.15) is 0 Å². The normalized spacial score (nSPS) is 15.0. The van der Waals surface area contributed by atoms with Crippen LogP contribution in [0, 0.1) is 0 Å². The van der Waals surface area contributed by atoms with Gasteiger partial charge in [0.1, 0.15) is 11.8 Å². The predicted molar refractivity (Wildman–Crippen MR) is 140 cm³/mol. The summed E-state index contributed by atoms with van der Waals surface area (Å²) in [6, 6.07) is 14.3. The third-order valence-corrected chi connectivity index (χ3v) is 6.10. The second-order valence-corrected chi connectivity index (χ2v) is 8.70. The minimum atomic E-state index is -1.10. The summed E-state index contributed by atoms with van der Waals surface area (Å²) in [4.78, 5) is 58.6. The summed E-state index contributed by atoms with van der Waals surface area (Å²) in [5, 5.41) is 2.92. The van der Waals surface area contributed by atoms with Crippen molar-refractivity contribution in [1.82, 2.24) is 9.88 Å². The highest BCUT2D eigenvalue weighted by Gasteiger charge is 2.47. The molecule has 10 nitrogen and oxygen atoms in total. The molecule has 2 aromatic carbocycles. The van der Waals surface area contributed by atoms with Crippen molar-refractivity contribution in [3.63, 3.8) is 0 Å². The van der Waals surface area contributed by atoms with E-state index in [0.29, 0.717) is 17.1 Å². The van der Waals surface area contributed by atoms with E-state index in [0.717, 1.165) is 4.90 Å². The number of methoxy groups -OCH3 is 1. The summed E-state index contributed by atoms with van der Waals surface area (Å²) < 4.78 is 10.2. The van der Waals surface area contributed by atoms with Gasteiger partial charge in [0.15, 0.2) is 0 Å². The molecule has 1 aliphatic rings. The van der Waals surface area contributed by atoms with E-state index in [1.807, 2.05) is 0 Å². The number of hydrogen-bond acceptors (Lipinski definition) is 7. The van der Waals surface area contributed by atoms with E-state index in [2.05, 4.69) is 10.3 Å². The molecule has 1 aromatic heterocycles. The molecule has 196 valence electrons. The first-order valence-corrected chi connectivity index (χ1v) is 12.1. The Kier molecular flexibility index (Phi) is 8.22. The van der Waals surface area contributed by atoms with Crippen LogP contribution in [-0.4, -0.2) is 53.5 Å². The van der Waals surface area contributed by atoms with Gasteiger partial charge in [-0.15, -0.1) is 0 Å². The van der Waals surface area contributed by atoms with Crippen molar-refractivity contribution in [2.24, 2.45) is 0 Å². The van der Waals surface area contributed by atoms with Gasteiger partial charge in [-0.05, 0) is 55.5 Å². The summed E-state index contributed by atoms with van der Waals surface area (Å²) in [6.45, 7) is 1.93. The number of anilines is 2. The zero-order chi connectivity index (χ0) is 27.2. The summed E-state index contributed by atoms with van der Waals surface area (Å²) in [6.07, 6.45) is 1.26. The molecule has 1 fully saturated rings. The molecule has 0 bridgehead atoms. The van der Waals surface area contributed by atoms with Crippen molar-refractivity contribution in [3.05, 3.63) is 83.1 Å². The van der Waals surface area contributed by atoms with Crippen LogP contribution >= 0.6 is 11.6 Å². The van der Waals surface area contributed by atoms with Crippen molar-refractivity contribution in [3.8, 4) is 5.75 Å². The maximum atomic E-state index is 13.5. The average Bonchev–Trinajstić information content (AvgIpc) is 3.13. The number of aromatic nitrogens is 1. The van der Waals surface area contributed by atoms with E-state index < -0.39 is 29.9 Å². The van der Waals surface area contributed by atoms with Crippen molar-refractivity contribution < 1.29 is 28.7 Å². The van der Waals surface area contributed by atoms with Crippen molar-refractivity contribution >= 4 is 46.8 Å². The van der Waals surface area contributed by atoms with Gasteiger partial charge in [0.2, 0.25) is 5.91 Å². The molecule has 1 N–H and O–H groups in total. The minimum absolute atomic E-state index is 0.0160. The van der Waals surface area contributed by atoms with Crippen LogP contribution in [-0.2, 0) is 20.9 Å². The number of ether oxygens (including phenoxy) is 2. The van der Waals surface area contributed by atoms with E-state index in [4.69, 9.17) is 21.1 Å². The van der Waals surface area contributed by atoms with Crippen molar-refractivity contribution in [2.75, 3.05) is 23.9 Å². The van der Waals surface area contributed by atoms with Crippen LogP contribution in [0.2, 0.25) is 5.02 Å². The number of nitrogens with zero attached hydrogens (tertiary/aromatic N) is 3. The largest absolute Gasteiger partial charge is 0.495 e. The van der Waals surface area contributed by atoms with Crippen molar-refractivity contribution in [2.45, 2.75) is 25.9 Å². The molecule has 3 aromatic rings. The molecule has 1 aliphatic heterocycles. The Hall–Kier alpha value is -4.44. The van der Waals surface area contributed by atoms with Crippen LogP contribution in [0.15, 0.2) is 66.9 Å². The third kappa shape index (κ3) is 5.76. The zero-order valence-corrected chi connectivity index (χ0v) is 21.5. The maximum absolute atomic E-state index is 13.5. The number of hydrogen-bond donors (Lipinski definition) is 1. The standard InChI is InChI=1S/C27H25ClN4O6/c1-3-38-26(35)17-7-6-9-18(13-17)30-24(33)15-22-25(34)32(20-10-11-23(37-2)21(28)14-20)27(36)31(22)16-19-8-4-5-12-29-19/h4-14,22H,3,15-16H2,1-2H3,(H,30,33). The first kappa shape index (κ1) is 26.6. The molecule has 0 saturated carbocycles. The number of carbonyl (C=O) groups excluding carboxylic acids is 4. The number of benzene rings is 2. The Labute approximate surface area is 224 Å². The predicted octanol–water partition coefficient (Wildman–Crippen LogP) is 4.29. The van der Waals surface area contributed by atoms with Crippen molar-refractivity contribution in [1.29, 1.82) is 0 Å². The smallest absolute Gasteiger partial charge is 0.338 e. The van der Waals surface area contributed by atoms with Crippen LogP contribution in [0.3, 0.4) is 0 Å². The molecule has 2 heterocycles. The van der Waals surface area contributed by atoms with Gasteiger partial charge in [-0.25, -0.2) is 14.5 Å². The second-order valence-electron chi connectivity index (χ2n) is 8.29. The molecule has 0 aliphatic carbocycles. The molecular weight excluding hydrogens is 512 g/mol. The number of nitrogens with one attached hydrogen (secondary N) is 1. The van der Waals surface area contributed by atoms with Gasteiger partial charge < -0.3 is 19.7 Å². The lowest BCUT2D eigenvalue weighted by molar-refractivity contribution is -0.124. The van der Waals surface area contributed by atoms with E-state index in [9.17, 15) is 19.2 Å². The quantitative estimate of drug-likeness (QED) is 0.320. The SMILES string of the molecule is CCOC(=O)c1cccc(NC(=O)CC2C(=O)N(c3ccc(OC)c(Cl)c3)C(=O)N2Cc2ccccn2)c1. The second kappa shape index (κ2) is 11.7. The highest BCUT2D eigenvalue weighted by Crippen LogP contribution is 2.33. The van der Waals surface area contributed by atoms with Gasteiger partial charge in [-0.3, -0.25) is 14.6 Å². The molecule has 11 heteroatoms. The monoisotopic (exact) mass is 536 g/mol. The molecular formula is C27H25ClN4O6. The van der Waals surface area contributed by atoms with Crippen LogP contribution < -0.4 is 15.0 Å². The number of imide groups is 1. The summed E-state index contributed by atoms with van der Waals surface area (Å²) in [5.74, 6) is -1.23. The number of pyridine rings is 1. The first-order chi connectivity index (χ1) is 18.3. The van der Waals surface area contributed by atoms with Crippen LogP contribution in [0.4, 0.5) is 16.2 Å². The number of rotatable bonds is 9. The molecule has 1 atom stereocenters. The molecule has 38 heavy (non-hydrogen) atoms.